The minimum absolute atomic E-state index is 0.0852. The smallest absolute Gasteiger partial charge is 0.251 e. The third-order valence-corrected chi connectivity index (χ3v) is 5.54. The first-order valence-corrected chi connectivity index (χ1v) is 11.2. The van der Waals surface area contributed by atoms with Gasteiger partial charge in [-0.05, 0) is 49.6 Å². The van der Waals surface area contributed by atoms with Crippen molar-refractivity contribution < 1.29 is 4.79 Å². The molecule has 5 nitrogen and oxygen atoms in total. The molecule has 0 aliphatic heterocycles. The van der Waals surface area contributed by atoms with Crippen LogP contribution in [0.25, 0.3) is 11.3 Å². The molecule has 4 rings (SSSR count). The van der Waals surface area contributed by atoms with Crippen LogP contribution < -0.4 is 10.6 Å². The summed E-state index contributed by atoms with van der Waals surface area (Å²) in [4.78, 5) is 21.9. The zero-order valence-electron chi connectivity index (χ0n) is 19.2. The molecule has 1 atom stereocenters. The van der Waals surface area contributed by atoms with Crippen molar-refractivity contribution in [2.24, 2.45) is 0 Å². The van der Waals surface area contributed by atoms with Gasteiger partial charge in [-0.1, -0.05) is 67.6 Å². The average Bonchev–Trinajstić information content (AvgIpc) is 2.84. The zero-order valence-corrected chi connectivity index (χ0v) is 19.2. The average molecular weight is 437 g/mol. The van der Waals surface area contributed by atoms with E-state index in [1.165, 1.54) is 5.56 Å². The van der Waals surface area contributed by atoms with Gasteiger partial charge in [0.2, 0.25) is 0 Å². The molecule has 1 aromatic heterocycles. The van der Waals surface area contributed by atoms with E-state index in [4.69, 9.17) is 0 Å². The molecule has 3 aromatic carbocycles. The van der Waals surface area contributed by atoms with Gasteiger partial charge in [-0.3, -0.25) is 4.79 Å². The van der Waals surface area contributed by atoms with Gasteiger partial charge >= 0.3 is 0 Å². The number of aromatic nitrogens is 2. The molecule has 166 valence electrons. The maximum atomic E-state index is 12.9. The van der Waals surface area contributed by atoms with Crippen LogP contribution in [0.4, 0.5) is 11.5 Å². The summed E-state index contributed by atoms with van der Waals surface area (Å²) in [6.45, 7) is 6.00. The van der Waals surface area contributed by atoms with Gasteiger partial charge in [0.1, 0.15) is 11.6 Å². The lowest BCUT2D eigenvalue weighted by molar-refractivity contribution is 0.0940. The first kappa shape index (κ1) is 22.2. The predicted molar refractivity (Wildman–Crippen MR) is 134 cm³/mol. The Morgan fingerprint density at radius 1 is 0.909 bits per heavy atom. The molecular weight excluding hydrogens is 408 g/mol. The maximum Gasteiger partial charge on any atom is 0.251 e. The molecule has 0 spiro atoms. The highest BCUT2D eigenvalue weighted by atomic mass is 16.1. The number of aryl methyl sites for hydroxylation is 2. The van der Waals surface area contributed by atoms with Gasteiger partial charge in [-0.2, -0.15) is 0 Å². The molecule has 5 heteroatoms. The fourth-order valence-electron chi connectivity index (χ4n) is 3.68. The van der Waals surface area contributed by atoms with Crippen molar-refractivity contribution >= 4 is 17.4 Å². The normalized spacial score (nSPS) is 11.6. The van der Waals surface area contributed by atoms with Gasteiger partial charge < -0.3 is 10.6 Å². The number of hydrogen-bond donors (Lipinski definition) is 2. The van der Waals surface area contributed by atoms with Crippen LogP contribution in [-0.4, -0.2) is 15.9 Å². The van der Waals surface area contributed by atoms with Crippen molar-refractivity contribution in [1.82, 2.24) is 15.3 Å². The Morgan fingerprint density at radius 2 is 1.67 bits per heavy atom. The summed E-state index contributed by atoms with van der Waals surface area (Å²) in [6.07, 6.45) is 1.000. The largest absolute Gasteiger partial charge is 0.346 e. The molecule has 0 aliphatic rings. The lowest BCUT2D eigenvalue weighted by atomic mass is 10.0. The molecule has 0 saturated carbocycles. The molecule has 1 heterocycles. The number of amides is 1. The third-order valence-electron chi connectivity index (χ3n) is 5.54. The van der Waals surface area contributed by atoms with Gasteiger partial charge in [-0.25, -0.2) is 9.97 Å². The summed E-state index contributed by atoms with van der Waals surface area (Å²) in [5.74, 6) is 1.24. The number of benzene rings is 3. The number of anilines is 2. The third kappa shape index (κ3) is 5.63. The topological polar surface area (TPSA) is 66.9 Å². The second-order valence-corrected chi connectivity index (χ2v) is 8.05. The predicted octanol–water partition coefficient (Wildman–Crippen LogP) is 6.25. The lowest BCUT2D eigenvalue weighted by Crippen LogP contribution is -2.26. The van der Waals surface area contributed by atoms with Crippen LogP contribution >= 0.6 is 0 Å². The van der Waals surface area contributed by atoms with Crippen molar-refractivity contribution in [1.29, 1.82) is 0 Å². The summed E-state index contributed by atoms with van der Waals surface area (Å²) in [5, 5.41) is 6.41. The lowest BCUT2D eigenvalue weighted by Gasteiger charge is -2.15. The molecule has 0 fully saturated rings. The molecule has 1 unspecified atom stereocenters. The molecule has 1 amide bonds. The van der Waals surface area contributed by atoms with Crippen LogP contribution in [0.5, 0.6) is 0 Å². The Labute approximate surface area is 194 Å². The summed E-state index contributed by atoms with van der Waals surface area (Å²) < 4.78 is 0. The van der Waals surface area contributed by atoms with E-state index in [1.54, 1.807) is 0 Å². The Morgan fingerprint density at radius 3 is 2.39 bits per heavy atom. The highest BCUT2D eigenvalue weighted by Crippen LogP contribution is 2.23. The number of carbonyl (C=O) groups excluding carboxylic acids is 1. The summed E-state index contributed by atoms with van der Waals surface area (Å²) in [6, 6.07) is 27.6. The molecule has 0 aliphatic carbocycles. The van der Waals surface area contributed by atoms with Gasteiger partial charge in [0, 0.05) is 22.9 Å². The van der Waals surface area contributed by atoms with Crippen molar-refractivity contribution in [2.45, 2.75) is 33.2 Å². The van der Waals surface area contributed by atoms with E-state index < -0.39 is 0 Å². The first-order chi connectivity index (χ1) is 16.0. The second-order valence-electron chi connectivity index (χ2n) is 8.05. The summed E-state index contributed by atoms with van der Waals surface area (Å²) >= 11 is 0. The molecule has 33 heavy (non-hydrogen) atoms. The van der Waals surface area contributed by atoms with E-state index in [9.17, 15) is 4.79 Å². The van der Waals surface area contributed by atoms with Crippen LogP contribution in [-0.2, 0) is 6.42 Å². The van der Waals surface area contributed by atoms with E-state index in [0.29, 0.717) is 17.2 Å². The Bertz CT molecular complexity index is 1240. The first-order valence-electron chi connectivity index (χ1n) is 11.2. The number of carbonyl (C=O) groups is 1. The molecule has 0 bridgehead atoms. The zero-order chi connectivity index (χ0) is 23.2. The Kier molecular flexibility index (Phi) is 6.79. The van der Waals surface area contributed by atoms with E-state index in [0.717, 1.165) is 28.9 Å². The van der Waals surface area contributed by atoms with E-state index in [1.807, 2.05) is 74.5 Å². The van der Waals surface area contributed by atoms with Crippen LogP contribution in [0, 0.1) is 6.92 Å². The van der Waals surface area contributed by atoms with Gasteiger partial charge in [0.25, 0.3) is 5.91 Å². The monoisotopic (exact) mass is 436 g/mol. The van der Waals surface area contributed by atoms with Crippen LogP contribution in [0.2, 0.25) is 0 Å². The number of rotatable bonds is 7. The Hall–Kier alpha value is -3.99. The summed E-state index contributed by atoms with van der Waals surface area (Å²) in [7, 11) is 0. The molecule has 2 N–H and O–H groups in total. The molecule has 4 aromatic rings. The van der Waals surface area contributed by atoms with E-state index >= 15 is 0 Å². The van der Waals surface area contributed by atoms with E-state index in [-0.39, 0.29) is 11.9 Å². The number of nitrogens with one attached hydrogen (secondary N) is 2. The number of hydrogen-bond acceptors (Lipinski definition) is 4. The minimum Gasteiger partial charge on any atom is -0.346 e. The van der Waals surface area contributed by atoms with Crippen molar-refractivity contribution in [2.75, 3.05) is 5.32 Å². The Balaban J connectivity index is 1.48. The number of nitrogens with zero attached hydrogens (tertiary/aromatic N) is 2. The van der Waals surface area contributed by atoms with Crippen molar-refractivity contribution in [3.63, 3.8) is 0 Å². The summed E-state index contributed by atoms with van der Waals surface area (Å²) in [5.41, 5.74) is 5.62. The molecular formula is C28H28N4O. The quantitative estimate of drug-likeness (QED) is 0.359. The van der Waals surface area contributed by atoms with Gasteiger partial charge in [-0.15, -0.1) is 0 Å². The fourth-order valence-corrected chi connectivity index (χ4v) is 3.68. The highest BCUT2D eigenvalue weighted by molar-refractivity contribution is 5.95. The minimum atomic E-state index is -0.116. The SMILES string of the molecule is CCc1ccc(C(C)NC(=O)c2cccc(Nc3cc(-c4ccccc4)nc(C)n3)c2)cc1. The fraction of sp³-hybridized carbons (Fsp3) is 0.179. The second kappa shape index (κ2) is 10.1. The standard InChI is InChI=1S/C28H28N4O/c1-4-21-13-15-22(16-14-21)19(2)29-28(33)24-11-8-12-25(17-24)32-27-18-26(30-20(3)31-27)23-9-6-5-7-10-23/h5-19H,4H2,1-3H3,(H,29,33)(H,30,31,32). The van der Waals surface area contributed by atoms with Crippen LogP contribution in [0.15, 0.2) is 84.9 Å². The highest BCUT2D eigenvalue weighted by Gasteiger charge is 2.12. The molecule has 0 saturated heterocycles. The van der Waals surface area contributed by atoms with Crippen LogP contribution in [0.1, 0.15) is 47.2 Å². The van der Waals surface area contributed by atoms with Gasteiger partial charge in [0.05, 0.1) is 11.7 Å². The van der Waals surface area contributed by atoms with Crippen LogP contribution in [0.3, 0.4) is 0 Å². The maximum absolute atomic E-state index is 12.9. The van der Waals surface area contributed by atoms with Gasteiger partial charge in [0.15, 0.2) is 0 Å². The molecule has 0 radical (unpaired) electrons. The van der Waals surface area contributed by atoms with E-state index in [2.05, 4.69) is 51.8 Å². The van der Waals surface area contributed by atoms with Crippen molar-refractivity contribution in [3.05, 3.63) is 107 Å². The van der Waals surface area contributed by atoms with Crippen molar-refractivity contribution in [3.8, 4) is 11.3 Å².